The van der Waals surface area contributed by atoms with Gasteiger partial charge >= 0.3 is 0 Å². The Bertz CT molecular complexity index is 939. The minimum Gasteiger partial charge on any atom is -0.430 e. The van der Waals surface area contributed by atoms with E-state index in [9.17, 15) is 9.59 Å². The first-order valence-corrected chi connectivity index (χ1v) is 8.52. The third kappa shape index (κ3) is 4.57. The third-order valence-electron chi connectivity index (χ3n) is 3.17. The molecule has 2 N–H and O–H groups in total. The Balaban J connectivity index is 1.59. The second-order valence-corrected chi connectivity index (χ2v) is 6.28. The molecule has 0 radical (unpaired) electrons. The van der Waals surface area contributed by atoms with E-state index in [1.807, 2.05) is 19.1 Å². The van der Waals surface area contributed by atoms with Crippen molar-refractivity contribution in [3.63, 3.8) is 0 Å². The molecule has 3 rings (SSSR count). The zero-order valence-corrected chi connectivity index (χ0v) is 14.5. The highest BCUT2D eigenvalue weighted by Gasteiger charge is 2.11. The minimum atomic E-state index is -0.198. The molecular weight excluding hydrogens is 340 g/mol. The van der Waals surface area contributed by atoms with Crippen LogP contribution in [0.25, 0.3) is 11.2 Å². The normalized spacial score (nSPS) is 10.6. The van der Waals surface area contributed by atoms with Crippen LogP contribution in [0.4, 0.5) is 11.4 Å². The maximum atomic E-state index is 12.1. The van der Waals surface area contributed by atoms with Gasteiger partial charge in [0.1, 0.15) is 0 Å². The van der Waals surface area contributed by atoms with Crippen molar-refractivity contribution in [3.05, 3.63) is 42.1 Å². The number of hydrogen-bond acceptors (Lipinski definition) is 6. The number of amides is 2. The molecular formula is C17H16N4O3S. The highest BCUT2D eigenvalue weighted by atomic mass is 32.2. The van der Waals surface area contributed by atoms with E-state index in [0.29, 0.717) is 27.8 Å². The number of carbonyl (C=O) groups is 2. The predicted molar refractivity (Wildman–Crippen MR) is 96.6 cm³/mol. The lowest BCUT2D eigenvalue weighted by atomic mass is 10.2. The summed E-state index contributed by atoms with van der Waals surface area (Å²) in [6, 6.07) is 10.6. The molecule has 1 aromatic carbocycles. The second kappa shape index (κ2) is 7.35. The lowest BCUT2D eigenvalue weighted by Gasteiger charge is -2.07. The van der Waals surface area contributed by atoms with Gasteiger partial charge in [-0.2, -0.15) is 4.98 Å². The lowest BCUT2D eigenvalue weighted by Crippen LogP contribution is -2.14. The van der Waals surface area contributed by atoms with Crippen molar-refractivity contribution in [3.8, 4) is 0 Å². The fraction of sp³-hybridized carbons (Fsp3) is 0.176. The Kier molecular flexibility index (Phi) is 4.99. The Morgan fingerprint density at radius 2 is 1.88 bits per heavy atom. The van der Waals surface area contributed by atoms with Crippen LogP contribution in [0.3, 0.4) is 0 Å². The quantitative estimate of drug-likeness (QED) is 0.681. The van der Waals surface area contributed by atoms with Gasteiger partial charge in [0.05, 0.1) is 5.75 Å². The van der Waals surface area contributed by atoms with Crippen LogP contribution in [0.1, 0.15) is 12.6 Å². The van der Waals surface area contributed by atoms with Crippen molar-refractivity contribution in [2.45, 2.75) is 19.1 Å². The van der Waals surface area contributed by atoms with E-state index in [2.05, 4.69) is 20.6 Å². The molecule has 128 valence electrons. The number of thioether (sulfide) groups is 1. The van der Waals surface area contributed by atoms with Crippen molar-refractivity contribution < 1.29 is 14.0 Å². The summed E-state index contributed by atoms with van der Waals surface area (Å²) in [6.45, 7) is 3.31. The first kappa shape index (κ1) is 17.0. The molecule has 2 heterocycles. The number of aryl methyl sites for hydroxylation is 1. The fourth-order valence-electron chi connectivity index (χ4n) is 2.16. The summed E-state index contributed by atoms with van der Waals surface area (Å²) in [4.78, 5) is 31.7. The number of fused-ring (bicyclic) bond motifs is 1. The van der Waals surface area contributed by atoms with Crippen LogP contribution in [-0.2, 0) is 9.59 Å². The number of oxazole rings is 1. The van der Waals surface area contributed by atoms with Gasteiger partial charge in [0, 0.05) is 24.0 Å². The summed E-state index contributed by atoms with van der Waals surface area (Å²) in [6.07, 6.45) is 0. The molecule has 0 unspecified atom stereocenters. The molecule has 2 aromatic heterocycles. The highest BCUT2D eigenvalue weighted by Crippen LogP contribution is 2.23. The Labute approximate surface area is 148 Å². The Morgan fingerprint density at radius 1 is 1.12 bits per heavy atom. The van der Waals surface area contributed by atoms with E-state index in [-0.39, 0.29) is 17.6 Å². The molecule has 3 aromatic rings. The summed E-state index contributed by atoms with van der Waals surface area (Å²) in [5.41, 5.74) is 3.21. The summed E-state index contributed by atoms with van der Waals surface area (Å²) < 4.78 is 5.55. The molecule has 0 fully saturated rings. The average Bonchev–Trinajstić information content (AvgIpc) is 2.94. The van der Waals surface area contributed by atoms with Crippen LogP contribution in [0.15, 0.2) is 46.0 Å². The van der Waals surface area contributed by atoms with Crippen LogP contribution in [0, 0.1) is 6.92 Å². The van der Waals surface area contributed by atoms with Gasteiger partial charge in [-0.15, -0.1) is 0 Å². The number of nitrogens with zero attached hydrogens (tertiary/aromatic N) is 2. The number of rotatable bonds is 5. The number of nitrogens with one attached hydrogen (secondary N) is 2. The number of pyridine rings is 1. The maximum absolute atomic E-state index is 12.1. The van der Waals surface area contributed by atoms with Crippen molar-refractivity contribution in [1.29, 1.82) is 0 Å². The van der Waals surface area contributed by atoms with Crippen molar-refractivity contribution in [1.82, 2.24) is 9.97 Å². The number of carbonyl (C=O) groups excluding carboxylic acids is 2. The fourth-order valence-corrected chi connectivity index (χ4v) is 2.78. The van der Waals surface area contributed by atoms with Gasteiger partial charge < -0.3 is 15.1 Å². The largest absolute Gasteiger partial charge is 0.430 e. The minimum absolute atomic E-state index is 0.149. The molecule has 7 nitrogen and oxygen atoms in total. The van der Waals surface area contributed by atoms with E-state index in [0.717, 1.165) is 5.69 Å². The molecule has 8 heteroatoms. The van der Waals surface area contributed by atoms with Crippen LogP contribution in [0.2, 0.25) is 0 Å². The molecule has 0 saturated heterocycles. The van der Waals surface area contributed by atoms with Crippen LogP contribution in [-0.4, -0.2) is 27.5 Å². The van der Waals surface area contributed by atoms with E-state index in [4.69, 9.17) is 4.42 Å². The van der Waals surface area contributed by atoms with Crippen molar-refractivity contribution in [2.24, 2.45) is 0 Å². The maximum Gasteiger partial charge on any atom is 0.258 e. The van der Waals surface area contributed by atoms with Gasteiger partial charge in [0.15, 0.2) is 11.2 Å². The van der Waals surface area contributed by atoms with Gasteiger partial charge in [-0.05, 0) is 37.3 Å². The molecule has 0 atom stereocenters. The molecule has 2 amide bonds. The van der Waals surface area contributed by atoms with E-state index >= 15 is 0 Å². The van der Waals surface area contributed by atoms with Crippen molar-refractivity contribution in [2.75, 3.05) is 16.4 Å². The average molecular weight is 356 g/mol. The Morgan fingerprint density at radius 3 is 2.64 bits per heavy atom. The first-order valence-electron chi connectivity index (χ1n) is 7.54. The first-order chi connectivity index (χ1) is 12.0. The van der Waals surface area contributed by atoms with Crippen molar-refractivity contribution >= 4 is 46.2 Å². The highest BCUT2D eigenvalue weighted by molar-refractivity contribution is 7.99. The molecule has 0 saturated carbocycles. The Hall–Kier alpha value is -2.87. The zero-order valence-electron chi connectivity index (χ0n) is 13.7. The summed E-state index contributed by atoms with van der Waals surface area (Å²) in [5.74, 6) is -0.217. The van der Waals surface area contributed by atoms with Gasteiger partial charge in [-0.1, -0.05) is 17.8 Å². The SMILES string of the molecule is CC(=O)Nc1cccc(NC(=O)CSc2nc3nc(C)ccc3o2)c1. The zero-order chi connectivity index (χ0) is 17.8. The monoisotopic (exact) mass is 356 g/mol. The topological polar surface area (TPSA) is 97.1 Å². The van der Waals surface area contributed by atoms with E-state index in [1.54, 1.807) is 24.3 Å². The smallest absolute Gasteiger partial charge is 0.258 e. The molecule has 25 heavy (non-hydrogen) atoms. The summed E-state index contributed by atoms with van der Waals surface area (Å²) >= 11 is 1.19. The van der Waals surface area contributed by atoms with Gasteiger partial charge in [-0.3, -0.25) is 9.59 Å². The van der Waals surface area contributed by atoms with Crippen LogP contribution < -0.4 is 10.6 Å². The molecule has 0 aliphatic carbocycles. The van der Waals surface area contributed by atoms with E-state index < -0.39 is 0 Å². The number of aromatic nitrogens is 2. The number of benzene rings is 1. The van der Waals surface area contributed by atoms with Gasteiger partial charge in [-0.25, -0.2) is 4.98 Å². The van der Waals surface area contributed by atoms with E-state index in [1.165, 1.54) is 18.7 Å². The van der Waals surface area contributed by atoms with Crippen LogP contribution in [0.5, 0.6) is 0 Å². The van der Waals surface area contributed by atoms with Crippen LogP contribution >= 0.6 is 11.8 Å². The second-order valence-electron chi connectivity index (χ2n) is 5.35. The predicted octanol–water partition coefficient (Wildman–Crippen LogP) is 3.22. The van der Waals surface area contributed by atoms with Gasteiger partial charge in [0.2, 0.25) is 11.8 Å². The van der Waals surface area contributed by atoms with Gasteiger partial charge in [0.25, 0.3) is 5.22 Å². The number of hydrogen-bond donors (Lipinski definition) is 2. The molecule has 0 aliphatic heterocycles. The summed E-state index contributed by atoms with van der Waals surface area (Å²) in [7, 11) is 0. The molecule has 0 aliphatic rings. The lowest BCUT2D eigenvalue weighted by molar-refractivity contribution is -0.114. The summed E-state index contributed by atoms with van der Waals surface area (Å²) in [5, 5.41) is 5.84. The third-order valence-corrected chi connectivity index (χ3v) is 3.99. The molecule has 0 spiro atoms. The standard InChI is InChI=1S/C17H16N4O3S/c1-10-6-7-14-16(18-10)21-17(24-14)25-9-15(23)20-13-5-3-4-12(8-13)19-11(2)22/h3-8H,9H2,1-2H3,(H,19,22)(H,20,23). The number of anilines is 2. The molecule has 0 bridgehead atoms.